The average Bonchev–Trinajstić information content (AvgIpc) is 3.38. The maximum absolute atomic E-state index is 14.7. The van der Waals surface area contributed by atoms with Crippen LogP contribution in [0.15, 0.2) is 42.5 Å². The normalized spacial score (nSPS) is 16.1. The highest BCUT2D eigenvalue weighted by Gasteiger charge is 2.32. The lowest BCUT2D eigenvalue weighted by Crippen LogP contribution is -2.46. The summed E-state index contributed by atoms with van der Waals surface area (Å²) in [5.41, 5.74) is 14.4. The summed E-state index contributed by atoms with van der Waals surface area (Å²) in [6, 6.07) is 12.7. The van der Waals surface area contributed by atoms with E-state index in [0.29, 0.717) is 30.4 Å². The van der Waals surface area contributed by atoms with Crippen LogP contribution in [-0.2, 0) is 6.42 Å². The Morgan fingerprint density at radius 2 is 2.00 bits per heavy atom. The highest BCUT2D eigenvalue weighted by atomic mass is 19.1. The maximum Gasteiger partial charge on any atom is 0.323 e. The molecule has 0 bridgehead atoms. The fourth-order valence-electron chi connectivity index (χ4n) is 4.49. The molecule has 1 aliphatic rings. The Morgan fingerprint density at radius 1 is 1.17 bits per heavy atom. The molecule has 0 saturated carbocycles. The van der Waals surface area contributed by atoms with Gasteiger partial charge in [-0.15, -0.1) is 0 Å². The molecule has 2 atom stereocenters. The second kappa shape index (κ2) is 11.2. The summed E-state index contributed by atoms with van der Waals surface area (Å²) in [4.78, 5) is 15.0. The van der Waals surface area contributed by atoms with Gasteiger partial charge in [-0.3, -0.25) is 0 Å². The smallest absolute Gasteiger partial charge is 0.323 e. The molecule has 0 aliphatic carbocycles. The quantitative estimate of drug-likeness (QED) is 0.373. The van der Waals surface area contributed by atoms with Gasteiger partial charge < -0.3 is 31.2 Å². The van der Waals surface area contributed by atoms with Gasteiger partial charge in [-0.25, -0.2) is 4.39 Å². The molecule has 35 heavy (non-hydrogen) atoms. The number of aromatic nitrogens is 3. The van der Waals surface area contributed by atoms with Gasteiger partial charge in [0, 0.05) is 29.9 Å². The number of nitrogens with two attached hydrogens (primary N) is 2. The van der Waals surface area contributed by atoms with Crippen LogP contribution in [0.1, 0.15) is 31.7 Å². The molecule has 0 spiro atoms. The van der Waals surface area contributed by atoms with Crippen molar-refractivity contribution in [1.29, 1.82) is 0 Å². The first kappa shape index (κ1) is 24.5. The standard InChI is InChI=1S/C25H32FN7O2/c1-3-21(20-9-6-13-29-20)33(17-10-11-22(34-2)18(26)15-17)24-30-23(28)31-25(32-24)35-14-12-16-7-4-5-8-19(16)27/h4-5,7-8,10-11,15,20-21,29H,3,6,9,12-14,27H2,1-2H3,(H2,28,30,31,32). The summed E-state index contributed by atoms with van der Waals surface area (Å²) in [6.07, 6.45) is 3.43. The number of nitrogens with one attached hydrogen (secondary N) is 1. The first-order chi connectivity index (χ1) is 17.0. The van der Waals surface area contributed by atoms with Crippen molar-refractivity contribution < 1.29 is 13.9 Å². The third-order valence-corrected chi connectivity index (χ3v) is 6.22. The van der Waals surface area contributed by atoms with E-state index in [9.17, 15) is 4.39 Å². The van der Waals surface area contributed by atoms with Gasteiger partial charge in [-0.1, -0.05) is 25.1 Å². The average molecular weight is 482 g/mol. The van der Waals surface area contributed by atoms with Crippen molar-refractivity contribution in [3.8, 4) is 11.8 Å². The third-order valence-electron chi connectivity index (χ3n) is 6.22. The van der Waals surface area contributed by atoms with Gasteiger partial charge >= 0.3 is 6.01 Å². The van der Waals surface area contributed by atoms with Gasteiger partial charge in [-0.2, -0.15) is 15.0 Å². The van der Waals surface area contributed by atoms with Crippen LogP contribution in [-0.4, -0.2) is 47.3 Å². The van der Waals surface area contributed by atoms with Crippen molar-refractivity contribution in [1.82, 2.24) is 20.3 Å². The number of methoxy groups -OCH3 is 1. The number of hydrogen-bond donors (Lipinski definition) is 3. The van der Waals surface area contributed by atoms with Gasteiger partial charge in [0.15, 0.2) is 11.6 Å². The maximum atomic E-state index is 14.7. The summed E-state index contributed by atoms with van der Waals surface area (Å²) in [5.74, 6) is 0.0255. The van der Waals surface area contributed by atoms with E-state index in [1.165, 1.54) is 13.2 Å². The Balaban J connectivity index is 1.65. The molecule has 1 aromatic heterocycles. The summed E-state index contributed by atoms with van der Waals surface area (Å²) in [7, 11) is 1.44. The van der Waals surface area contributed by atoms with E-state index in [2.05, 4.69) is 27.2 Å². The van der Waals surface area contributed by atoms with Gasteiger partial charge in [0.25, 0.3) is 0 Å². The molecule has 0 radical (unpaired) electrons. The highest BCUT2D eigenvalue weighted by molar-refractivity contribution is 5.61. The largest absolute Gasteiger partial charge is 0.494 e. The topological polar surface area (TPSA) is 124 Å². The van der Waals surface area contributed by atoms with Gasteiger partial charge in [0.05, 0.1) is 19.8 Å². The highest BCUT2D eigenvalue weighted by Crippen LogP contribution is 2.33. The Morgan fingerprint density at radius 3 is 2.69 bits per heavy atom. The lowest BCUT2D eigenvalue weighted by molar-refractivity contribution is 0.296. The molecule has 10 heteroatoms. The lowest BCUT2D eigenvalue weighted by atomic mass is 10.0. The van der Waals surface area contributed by atoms with Crippen LogP contribution in [0, 0.1) is 5.82 Å². The molecule has 186 valence electrons. The number of rotatable bonds is 10. The van der Waals surface area contributed by atoms with Gasteiger partial charge in [0.1, 0.15) is 0 Å². The van der Waals surface area contributed by atoms with Crippen molar-refractivity contribution in [2.45, 2.75) is 44.7 Å². The molecule has 4 rings (SSSR count). The van der Waals surface area contributed by atoms with Crippen LogP contribution >= 0.6 is 0 Å². The fraction of sp³-hybridized carbons (Fsp3) is 0.400. The molecule has 3 aromatic rings. The van der Waals surface area contributed by atoms with E-state index in [-0.39, 0.29) is 29.8 Å². The lowest BCUT2D eigenvalue weighted by Gasteiger charge is -2.35. The van der Waals surface area contributed by atoms with Gasteiger partial charge in [0.2, 0.25) is 11.9 Å². The minimum Gasteiger partial charge on any atom is -0.494 e. The van der Waals surface area contributed by atoms with Crippen molar-refractivity contribution >= 4 is 23.3 Å². The zero-order valence-electron chi connectivity index (χ0n) is 20.1. The zero-order valence-corrected chi connectivity index (χ0v) is 20.1. The molecular formula is C25H32FN7O2. The molecule has 9 nitrogen and oxygen atoms in total. The molecule has 2 heterocycles. The predicted octanol–water partition coefficient (Wildman–Crippen LogP) is 3.47. The molecule has 2 unspecified atom stereocenters. The SMILES string of the molecule is CCC(C1CCCN1)N(c1ccc(OC)c(F)c1)c1nc(N)nc(OCCc2ccccc2N)n1. The second-order valence-electron chi connectivity index (χ2n) is 8.44. The number of benzene rings is 2. The van der Waals surface area contributed by atoms with Crippen LogP contribution in [0.3, 0.4) is 0 Å². The molecule has 1 saturated heterocycles. The summed E-state index contributed by atoms with van der Waals surface area (Å²) < 4.78 is 25.7. The number of nitrogens with zero attached hydrogens (tertiary/aromatic N) is 4. The van der Waals surface area contributed by atoms with Crippen molar-refractivity contribution in [2.75, 3.05) is 36.6 Å². The van der Waals surface area contributed by atoms with E-state index >= 15 is 0 Å². The molecule has 1 fully saturated rings. The molecule has 5 N–H and O–H groups in total. The summed E-state index contributed by atoms with van der Waals surface area (Å²) in [5, 5.41) is 3.55. The number of halogens is 1. The van der Waals surface area contributed by atoms with Crippen molar-refractivity contribution in [3.63, 3.8) is 0 Å². The summed E-state index contributed by atoms with van der Waals surface area (Å²) >= 11 is 0. The molecule has 2 aromatic carbocycles. The molecule has 0 amide bonds. The van der Waals surface area contributed by atoms with Gasteiger partial charge in [-0.05, 0) is 49.6 Å². The minimum atomic E-state index is -0.469. The molecule has 1 aliphatic heterocycles. The minimum absolute atomic E-state index is 0.0254. The van der Waals surface area contributed by atoms with E-state index in [1.54, 1.807) is 12.1 Å². The fourth-order valence-corrected chi connectivity index (χ4v) is 4.49. The van der Waals surface area contributed by atoms with Crippen molar-refractivity contribution in [3.05, 3.63) is 53.8 Å². The van der Waals surface area contributed by atoms with E-state index in [0.717, 1.165) is 31.4 Å². The zero-order chi connectivity index (χ0) is 24.8. The van der Waals surface area contributed by atoms with E-state index < -0.39 is 5.82 Å². The number of anilines is 4. The Kier molecular flexibility index (Phi) is 7.81. The Labute approximate surface area is 204 Å². The third kappa shape index (κ3) is 5.71. The first-order valence-electron chi connectivity index (χ1n) is 11.8. The Bertz CT molecular complexity index is 1140. The van der Waals surface area contributed by atoms with Crippen LogP contribution in [0.25, 0.3) is 0 Å². The Hall–Kier alpha value is -3.66. The monoisotopic (exact) mass is 481 g/mol. The van der Waals surface area contributed by atoms with Crippen LogP contribution in [0.5, 0.6) is 11.8 Å². The number of para-hydroxylation sites is 1. The van der Waals surface area contributed by atoms with E-state index in [4.69, 9.17) is 20.9 Å². The van der Waals surface area contributed by atoms with Crippen LogP contribution < -0.4 is 31.2 Å². The van der Waals surface area contributed by atoms with Crippen LogP contribution in [0.4, 0.5) is 27.7 Å². The first-order valence-corrected chi connectivity index (χ1v) is 11.8. The number of nitrogen functional groups attached to an aromatic ring is 2. The van der Waals surface area contributed by atoms with Crippen molar-refractivity contribution in [2.24, 2.45) is 0 Å². The second-order valence-corrected chi connectivity index (χ2v) is 8.44. The number of ether oxygens (including phenoxy) is 2. The summed E-state index contributed by atoms with van der Waals surface area (Å²) in [6.45, 7) is 3.34. The van der Waals surface area contributed by atoms with E-state index in [1.807, 2.05) is 29.2 Å². The number of hydrogen-bond acceptors (Lipinski definition) is 9. The predicted molar refractivity (Wildman–Crippen MR) is 134 cm³/mol. The van der Waals surface area contributed by atoms with Crippen LogP contribution in [0.2, 0.25) is 0 Å². The molecular weight excluding hydrogens is 449 g/mol.